The molecule has 0 atom stereocenters. The predicted molar refractivity (Wildman–Crippen MR) is 119 cm³/mol. The first-order chi connectivity index (χ1) is 13.9. The summed E-state index contributed by atoms with van der Waals surface area (Å²) in [4.78, 5) is 32.1. The Morgan fingerprint density at radius 2 is 1.93 bits per heavy atom. The Hall–Kier alpha value is -2.57. The van der Waals surface area contributed by atoms with E-state index in [4.69, 9.17) is 11.6 Å². The zero-order valence-electron chi connectivity index (χ0n) is 16.3. The molecule has 7 heteroatoms. The van der Waals surface area contributed by atoms with Crippen molar-refractivity contribution in [2.45, 2.75) is 37.6 Å². The second-order valence-electron chi connectivity index (χ2n) is 6.63. The van der Waals surface area contributed by atoms with Gasteiger partial charge in [-0.2, -0.15) is 0 Å². The summed E-state index contributed by atoms with van der Waals surface area (Å²) < 4.78 is 0. The maximum Gasteiger partial charge on any atom is 0.255 e. The number of anilines is 1. The van der Waals surface area contributed by atoms with Gasteiger partial charge in [-0.05, 0) is 48.7 Å². The molecule has 3 aromatic rings. The molecule has 3 rings (SSSR count). The van der Waals surface area contributed by atoms with Gasteiger partial charge < -0.3 is 10.3 Å². The van der Waals surface area contributed by atoms with Crippen LogP contribution < -0.4 is 10.9 Å². The SMILES string of the molecule is CCc1ccc(NC(=O)Cc2c(C)nc(SCc3cccc(Cl)c3)[nH]c2=O)cc1. The molecule has 0 aliphatic carbocycles. The maximum atomic E-state index is 12.5. The van der Waals surface area contributed by atoms with Crippen LogP contribution in [0.5, 0.6) is 0 Å². The number of hydrogen-bond donors (Lipinski definition) is 2. The fourth-order valence-corrected chi connectivity index (χ4v) is 3.89. The Balaban J connectivity index is 1.65. The minimum Gasteiger partial charge on any atom is -0.326 e. The van der Waals surface area contributed by atoms with Gasteiger partial charge in [0.15, 0.2) is 5.16 Å². The number of carbonyl (C=O) groups is 1. The Kier molecular flexibility index (Phi) is 7.12. The van der Waals surface area contributed by atoms with Gasteiger partial charge in [-0.25, -0.2) is 4.98 Å². The van der Waals surface area contributed by atoms with Gasteiger partial charge in [0.1, 0.15) is 0 Å². The van der Waals surface area contributed by atoms with E-state index in [0.717, 1.165) is 12.0 Å². The van der Waals surface area contributed by atoms with Crippen LogP contribution in [0.2, 0.25) is 5.02 Å². The molecular formula is C22H22ClN3O2S. The number of hydrogen-bond acceptors (Lipinski definition) is 4. The Morgan fingerprint density at radius 1 is 1.17 bits per heavy atom. The average Bonchev–Trinajstić information content (AvgIpc) is 2.70. The largest absolute Gasteiger partial charge is 0.326 e. The summed E-state index contributed by atoms with van der Waals surface area (Å²) in [6.45, 7) is 3.82. The normalized spacial score (nSPS) is 10.7. The van der Waals surface area contributed by atoms with Crippen LogP contribution in [0, 0.1) is 6.92 Å². The second-order valence-corrected chi connectivity index (χ2v) is 8.03. The first-order valence-electron chi connectivity index (χ1n) is 9.30. The van der Waals surface area contributed by atoms with Gasteiger partial charge >= 0.3 is 0 Å². The summed E-state index contributed by atoms with van der Waals surface area (Å²) in [6.07, 6.45) is 0.916. The van der Waals surface area contributed by atoms with Gasteiger partial charge in [0, 0.05) is 27.7 Å². The van der Waals surface area contributed by atoms with Crippen LogP contribution in [-0.2, 0) is 23.4 Å². The van der Waals surface area contributed by atoms with Crippen molar-refractivity contribution in [3.8, 4) is 0 Å². The van der Waals surface area contributed by atoms with Crippen molar-refractivity contribution in [2.75, 3.05) is 5.32 Å². The Bertz CT molecular complexity index is 1060. The van der Waals surface area contributed by atoms with Gasteiger partial charge in [0.2, 0.25) is 5.91 Å². The molecule has 0 radical (unpaired) electrons. The summed E-state index contributed by atoms with van der Waals surface area (Å²) in [6, 6.07) is 15.2. The van der Waals surface area contributed by atoms with E-state index in [1.54, 1.807) is 6.92 Å². The van der Waals surface area contributed by atoms with E-state index in [1.165, 1.54) is 17.3 Å². The van der Waals surface area contributed by atoms with Crippen molar-refractivity contribution in [3.05, 3.63) is 86.3 Å². The fourth-order valence-electron chi connectivity index (χ4n) is 2.83. The highest BCUT2D eigenvalue weighted by molar-refractivity contribution is 7.98. The molecule has 0 fully saturated rings. The minimum atomic E-state index is -0.289. The minimum absolute atomic E-state index is 0.0249. The van der Waals surface area contributed by atoms with Gasteiger partial charge in [0.25, 0.3) is 5.56 Å². The lowest BCUT2D eigenvalue weighted by molar-refractivity contribution is -0.115. The maximum absolute atomic E-state index is 12.5. The highest BCUT2D eigenvalue weighted by Crippen LogP contribution is 2.21. The van der Waals surface area contributed by atoms with E-state index in [9.17, 15) is 9.59 Å². The van der Waals surface area contributed by atoms with Gasteiger partial charge in [-0.1, -0.05) is 54.6 Å². The lowest BCUT2D eigenvalue weighted by Crippen LogP contribution is -2.23. The zero-order valence-corrected chi connectivity index (χ0v) is 17.9. The highest BCUT2D eigenvalue weighted by atomic mass is 35.5. The summed E-state index contributed by atoms with van der Waals surface area (Å²) in [5.74, 6) is 0.389. The van der Waals surface area contributed by atoms with Crippen molar-refractivity contribution in [1.29, 1.82) is 0 Å². The molecule has 0 aliphatic rings. The smallest absolute Gasteiger partial charge is 0.255 e. The lowest BCUT2D eigenvalue weighted by Gasteiger charge is -2.09. The monoisotopic (exact) mass is 427 g/mol. The van der Waals surface area contributed by atoms with Crippen molar-refractivity contribution < 1.29 is 4.79 Å². The van der Waals surface area contributed by atoms with Gasteiger partial charge in [0.05, 0.1) is 6.42 Å². The molecule has 0 saturated heterocycles. The van der Waals surface area contributed by atoms with Gasteiger partial charge in [-0.15, -0.1) is 0 Å². The van der Waals surface area contributed by atoms with Crippen LogP contribution >= 0.6 is 23.4 Å². The van der Waals surface area contributed by atoms with Crippen LogP contribution in [0.15, 0.2) is 58.5 Å². The van der Waals surface area contributed by atoms with E-state index >= 15 is 0 Å². The molecular weight excluding hydrogens is 406 g/mol. The zero-order chi connectivity index (χ0) is 20.8. The van der Waals surface area contributed by atoms with E-state index in [-0.39, 0.29) is 17.9 Å². The van der Waals surface area contributed by atoms with E-state index in [0.29, 0.717) is 32.9 Å². The number of halogens is 1. The molecule has 5 nitrogen and oxygen atoms in total. The van der Waals surface area contributed by atoms with Crippen LogP contribution in [0.3, 0.4) is 0 Å². The lowest BCUT2D eigenvalue weighted by atomic mass is 10.1. The third-order valence-electron chi connectivity index (χ3n) is 4.45. The summed E-state index contributed by atoms with van der Waals surface area (Å²) in [7, 11) is 0. The number of nitrogens with one attached hydrogen (secondary N) is 2. The Labute approximate surface area is 178 Å². The molecule has 0 bridgehead atoms. The van der Waals surface area contributed by atoms with Crippen molar-refractivity contribution >= 4 is 35.0 Å². The molecule has 150 valence electrons. The fraction of sp³-hybridized carbons (Fsp3) is 0.227. The van der Waals surface area contributed by atoms with Crippen LogP contribution in [0.25, 0.3) is 0 Å². The summed E-state index contributed by atoms with van der Waals surface area (Å²) in [5.41, 5.74) is 3.59. The molecule has 1 aromatic heterocycles. The third kappa shape index (κ3) is 5.95. The first kappa shape index (κ1) is 21.1. The number of thioether (sulfide) groups is 1. The summed E-state index contributed by atoms with van der Waals surface area (Å²) >= 11 is 7.42. The van der Waals surface area contributed by atoms with E-state index in [2.05, 4.69) is 22.2 Å². The predicted octanol–water partition coefficient (Wildman–Crippen LogP) is 4.77. The number of aromatic amines is 1. The third-order valence-corrected chi connectivity index (χ3v) is 5.63. The molecule has 0 spiro atoms. The van der Waals surface area contributed by atoms with Crippen LogP contribution in [-0.4, -0.2) is 15.9 Å². The molecule has 0 saturated carbocycles. The number of rotatable bonds is 7. The quantitative estimate of drug-likeness (QED) is 0.420. The van der Waals surface area contributed by atoms with Crippen molar-refractivity contribution in [3.63, 3.8) is 0 Å². The van der Waals surface area contributed by atoms with Crippen LogP contribution in [0.1, 0.15) is 29.3 Å². The highest BCUT2D eigenvalue weighted by Gasteiger charge is 2.13. The number of benzene rings is 2. The molecule has 2 aromatic carbocycles. The van der Waals surface area contributed by atoms with Crippen molar-refractivity contribution in [2.24, 2.45) is 0 Å². The second kappa shape index (κ2) is 9.76. The average molecular weight is 428 g/mol. The van der Waals surface area contributed by atoms with Gasteiger partial charge in [-0.3, -0.25) is 9.59 Å². The van der Waals surface area contributed by atoms with E-state index < -0.39 is 0 Å². The van der Waals surface area contributed by atoms with E-state index in [1.807, 2.05) is 48.5 Å². The summed E-state index contributed by atoms with van der Waals surface area (Å²) in [5, 5.41) is 4.02. The number of aryl methyl sites for hydroxylation is 2. The molecule has 2 N–H and O–H groups in total. The molecule has 29 heavy (non-hydrogen) atoms. The number of H-pyrrole nitrogens is 1. The molecule has 1 amide bonds. The standard InChI is InChI=1S/C22H22ClN3O2S/c1-3-15-7-9-18(10-8-15)25-20(27)12-19-14(2)24-22(26-21(19)28)29-13-16-5-4-6-17(23)11-16/h4-11H,3,12-13H2,1-2H3,(H,25,27)(H,24,26,28). The molecule has 1 heterocycles. The first-order valence-corrected chi connectivity index (χ1v) is 10.7. The number of nitrogens with zero attached hydrogens (tertiary/aromatic N) is 1. The topological polar surface area (TPSA) is 74.8 Å². The van der Waals surface area contributed by atoms with Crippen molar-refractivity contribution in [1.82, 2.24) is 9.97 Å². The van der Waals surface area contributed by atoms with Crippen LogP contribution in [0.4, 0.5) is 5.69 Å². The molecule has 0 unspecified atom stereocenters. The number of amides is 1. The number of carbonyl (C=O) groups excluding carboxylic acids is 1. The Morgan fingerprint density at radius 3 is 2.59 bits per heavy atom. The molecule has 0 aliphatic heterocycles. The number of aromatic nitrogens is 2.